The van der Waals surface area contributed by atoms with E-state index in [2.05, 4.69) is 5.32 Å². The Labute approximate surface area is 145 Å². The van der Waals surface area contributed by atoms with Gasteiger partial charge in [-0.2, -0.15) is 0 Å². The molecule has 0 heterocycles. The van der Waals surface area contributed by atoms with Gasteiger partial charge in [-0.3, -0.25) is 4.79 Å². The molecule has 0 saturated heterocycles. The molecule has 3 unspecified atom stereocenters. The summed E-state index contributed by atoms with van der Waals surface area (Å²) in [7, 11) is 1.37. The monoisotopic (exact) mass is 346 g/mol. The van der Waals surface area contributed by atoms with Crippen molar-refractivity contribution in [3.05, 3.63) is 0 Å². The molecule has 2 aliphatic rings. The molecule has 0 radical (unpaired) electrons. The van der Waals surface area contributed by atoms with Gasteiger partial charge >= 0.3 is 5.97 Å². The highest BCUT2D eigenvalue weighted by Crippen LogP contribution is 2.42. The first-order chi connectivity index (χ1) is 10.4. The number of carbonyl (C=O) groups excluding carboxylic acids is 2. The molecular weight excluding hydrogens is 316 g/mol. The van der Waals surface area contributed by atoms with Crippen LogP contribution in [0.3, 0.4) is 0 Å². The van der Waals surface area contributed by atoms with Gasteiger partial charge in [0.25, 0.3) is 0 Å². The predicted octanol–water partition coefficient (Wildman–Crippen LogP) is 2.41. The van der Waals surface area contributed by atoms with Crippen LogP contribution >= 0.6 is 12.4 Å². The van der Waals surface area contributed by atoms with E-state index in [1.165, 1.54) is 13.5 Å². The number of hydrogen-bond donors (Lipinski definition) is 2. The lowest BCUT2D eigenvalue weighted by molar-refractivity contribution is -0.151. The van der Waals surface area contributed by atoms with Gasteiger partial charge in [0.1, 0.15) is 5.54 Å². The number of nitrogens with two attached hydrogens (primary N) is 1. The minimum absolute atomic E-state index is 0. The van der Waals surface area contributed by atoms with Crippen molar-refractivity contribution in [1.82, 2.24) is 5.32 Å². The largest absolute Gasteiger partial charge is 0.467 e. The van der Waals surface area contributed by atoms with Crippen LogP contribution in [0.15, 0.2) is 0 Å². The van der Waals surface area contributed by atoms with Crippen molar-refractivity contribution < 1.29 is 14.3 Å². The highest BCUT2D eigenvalue weighted by atomic mass is 35.5. The summed E-state index contributed by atoms with van der Waals surface area (Å²) in [4.78, 5) is 24.7. The number of nitrogens with one attached hydrogen (secondary N) is 1. The van der Waals surface area contributed by atoms with Gasteiger partial charge in [-0.15, -0.1) is 12.4 Å². The van der Waals surface area contributed by atoms with E-state index in [1.807, 2.05) is 6.92 Å². The zero-order valence-electron chi connectivity index (χ0n) is 14.5. The Bertz CT molecular complexity index is 418. The van der Waals surface area contributed by atoms with E-state index in [1.54, 1.807) is 6.92 Å². The molecule has 0 spiro atoms. The van der Waals surface area contributed by atoms with Crippen molar-refractivity contribution in [2.24, 2.45) is 23.5 Å². The number of amides is 1. The van der Waals surface area contributed by atoms with Gasteiger partial charge in [0.15, 0.2) is 0 Å². The molecule has 6 heteroatoms. The molecule has 134 valence electrons. The second-order valence-corrected chi connectivity index (χ2v) is 7.26. The number of hydrogen-bond acceptors (Lipinski definition) is 4. The Morgan fingerprint density at radius 2 is 1.83 bits per heavy atom. The molecule has 0 aromatic carbocycles. The third-order valence-electron chi connectivity index (χ3n) is 5.57. The Morgan fingerprint density at radius 3 is 2.30 bits per heavy atom. The molecule has 3 atom stereocenters. The summed E-state index contributed by atoms with van der Waals surface area (Å²) in [6.45, 7) is 3.76. The van der Waals surface area contributed by atoms with Crippen molar-refractivity contribution >= 4 is 24.3 Å². The number of ether oxygens (including phenoxy) is 1. The topological polar surface area (TPSA) is 81.4 Å². The van der Waals surface area contributed by atoms with Crippen molar-refractivity contribution in [2.75, 3.05) is 7.11 Å². The van der Waals surface area contributed by atoms with Crippen LogP contribution in [0.1, 0.15) is 58.8 Å². The smallest absolute Gasteiger partial charge is 0.331 e. The highest BCUT2D eigenvalue weighted by molar-refractivity contribution is 5.88. The lowest BCUT2D eigenvalue weighted by Crippen LogP contribution is -2.56. The summed E-state index contributed by atoms with van der Waals surface area (Å²) in [6.07, 6.45) is 6.60. The second-order valence-electron chi connectivity index (χ2n) is 7.26. The Balaban J connectivity index is 0.00000264. The maximum atomic E-state index is 12.7. The predicted molar refractivity (Wildman–Crippen MR) is 92.3 cm³/mol. The summed E-state index contributed by atoms with van der Waals surface area (Å²) >= 11 is 0. The lowest BCUT2D eigenvalue weighted by atomic mass is 9.65. The van der Waals surface area contributed by atoms with E-state index >= 15 is 0 Å². The molecule has 2 fully saturated rings. The van der Waals surface area contributed by atoms with Gasteiger partial charge < -0.3 is 15.8 Å². The van der Waals surface area contributed by atoms with Crippen LogP contribution in [-0.2, 0) is 14.3 Å². The van der Waals surface area contributed by atoms with Crippen LogP contribution in [0.4, 0.5) is 0 Å². The zero-order chi connectivity index (χ0) is 16.3. The molecule has 5 nitrogen and oxygen atoms in total. The van der Waals surface area contributed by atoms with Crippen LogP contribution in [0.5, 0.6) is 0 Å². The SMILES string of the molecule is CCCC(C)(NC(=O)C1CC2CCCC(C1)C2N)C(=O)OC.Cl. The van der Waals surface area contributed by atoms with Gasteiger partial charge in [0.2, 0.25) is 5.91 Å². The molecule has 1 amide bonds. The van der Waals surface area contributed by atoms with Crippen molar-refractivity contribution in [3.63, 3.8) is 0 Å². The minimum atomic E-state index is -0.921. The van der Waals surface area contributed by atoms with Crippen molar-refractivity contribution in [2.45, 2.75) is 70.4 Å². The van der Waals surface area contributed by atoms with E-state index in [9.17, 15) is 9.59 Å². The lowest BCUT2D eigenvalue weighted by Gasteiger charge is -2.44. The van der Waals surface area contributed by atoms with Gasteiger partial charge in [-0.1, -0.05) is 19.8 Å². The first-order valence-corrected chi connectivity index (χ1v) is 8.57. The summed E-state index contributed by atoms with van der Waals surface area (Å²) in [5.74, 6) is 0.522. The average Bonchev–Trinajstić information content (AvgIpc) is 2.46. The van der Waals surface area contributed by atoms with Crippen LogP contribution in [0, 0.1) is 17.8 Å². The number of halogens is 1. The molecule has 23 heavy (non-hydrogen) atoms. The summed E-state index contributed by atoms with van der Waals surface area (Å²) < 4.78 is 4.87. The van der Waals surface area contributed by atoms with E-state index in [0.29, 0.717) is 18.3 Å². The molecule has 2 rings (SSSR count). The molecule has 2 bridgehead atoms. The normalized spacial score (nSPS) is 32.2. The maximum absolute atomic E-state index is 12.7. The third-order valence-corrected chi connectivity index (χ3v) is 5.57. The number of esters is 1. The molecule has 0 aliphatic heterocycles. The number of methoxy groups -OCH3 is 1. The number of fused-ring (bicyclic) bond motifs is 2. The highest BCUT2D eigenvalue weighted by Gasteiger charge is 2.43. The molecule has 3 N–H and O–H groups in total. The summed E-state index contributed by atoms with van der Waals surface area (Å²) in [6, 6.07) is 0.250. The van der Waals surface area contributed by atoms with E-state index in [4.69, 9.17) is 10.5 Å². The number of carbonyl (C=O) groups is 2. The van der Waals surface area contributed by atoms with Gasteiger partial charge in [-0.05, 0) is 50.9 Å². The second kappa shape index (κ2) is 8.34. The average molecular weight is 347 g/mol. The summed E-state index contributed by atoms with van der Waals surface area (Å²) in [5, 5.41) is 2.96. The Morgan fingerprint density at radius 1 is 1.26 bits per heavy atom. The zero-order valence-corrected chi connectivity index (χ0v) is 15.3. The molecule has 0 aromatic rings. The third kappa shape index (κ3) is 4.38. The van der Waals surface area contributed by atoms with Gasteiger partial charge in [-0.25, -0.2) is 4.79 Å². The van der Waals surface area contributed by atoms with E-state index in [-0.39, 0.29) is 36.2 Å². The first-order valence-electron chi connectivity index (χ1n) is 8.57. The Hall–Kier alpha value is -0.810. The fourth-order valence-electron chi connectivity index (χ4n) is 4.32. The molecule has 2 aliphatic carbocycles. The van der Waals surface area contributed by atoms with Gasteiger partial charge in [0.05, 0.1) is 7.11 Å². The van der Waals surface area contributed by atoms with E-state index in [0.717, 1.165) is 32.1 Å². The molecule has 0 aromatic heterocycles. The van der Waals surface area contributed by atoms with E-state index < -0.39 is 5.54 Å². The van der Waals surface area contributed by atoms with Crippen LogP contribution < -0.4 is 11.1 Å². The minimum Gasteiger partial charge on any atom is -0.467 e. The maximum Gasteiger partial charge on any atom is 0.331 e. The van der Waals surface area contributed by atoms with Crippen LogP contribution in [0.25, 0.3) is 0 Å². The quantitative estimate of drug-likeness (QED) is 0.749. The van der Waals surface area contributed by atoms with Crippen molar-refractivity contribution in [3.8, 4) is 0 Å². The standard InChI is InChI=1S/C17H30N2O3.ClH/c1-4-8-17(2,16(21)22-3)19-15(20)13-9-11-6-5-7-12(10-13)14(11)18;/h11-14H,4-10,18H2,1-3H3,(H,19,20);1H. The van der Waals surface area contributed by atoms with Crippen LogP contribution in [0.2, 0.25) is 0 Å². The number of rotatable bonds is 5. The first kappa shape index (κ1) is 20.2. The molecule has 2 saturated carbocycles. The Kier molecular flexibility index (Phi) is 7.33. The van der Waals surface area contributed by atoms with Crippen LogP contribution in [-0.4, -0.2) is 30.6 Å². The van der Waals surface area contributed by atoms with Crippen molar-refractivity contribution in [1.29, 1.82) is 0 Å². The van der Waals surface area contributed by atoms with Gasteiger partial charge in [0, 0.05) is 12.0 Å². The fraction of sp³-hybridized carbons (Fsp3) is 0.882. The summed E-state index contributed by atoms with van der Waals surface area (Å²) in [5.41, 5.74) is 5.36. The molecular formula is C17H31ClN2O3. The fourth-order valence-corrected chi connectivity index (χ4v) is 4.32.